The third kappa shape index (κ3) is 4.20. The molecule has 0 radical (unpaired) electrons. The summed E-state index contributed by atoms with van der Waals surface area (Å²) in [6, 6.07) is 13.7. The van der Waals surface area contributed by atoms with E-state index < -0.39 is 11.0 Å². The van der Waals surface area contributed by atoms with Gasteiger partial charge in [0.2, 0.25) is 0 Å². The van der Waals surface area contributed by atoms with Gasteiger partial charge in [0, 0.05) is 0 Å². The lowest BCUT2D eigenvalue weighted by Gasteiger charge is -2.08. The van der Waals surface area contributed by atoms with Gasteiger partial charge in [-0.3, -0.25) is 10.1 Å². The average Bonchev–Trinajstić information content (AvgIpc) is 2.51. The Morgan fingerprint density at radius 2 is 1.91 bits per heavy atom. The molecule has 0 aliphatic heterocycles. The van der Waals surface area contributed by atoms with Gasteiger partial charge in [-0.05, 0) is 11.6 Å². The number of nitro groups is 1. The zero-order valence-electron chi connectivity index (χ0n) is 11.5. The maximum Gasteiger partial charge on any atom is 0.407 e. The Balaban J connectivity index is 1.92. The minimum absolute atomic E-state index is 0.0296. The fraction of sp³-hybridized carbons (Fsp3) is 0.133. The monoisotopic (exact) mass is 320 g/mol. The molecule has 7 heteroatoms. The SMILES string of the molecule is O=C(NCc1cccc(Cl)c1[N+](=O)[O-])OCc1ccccc1. The van der Waals surface area contributed by atoms with E-state index in [-0.39, 0.29) is 23.9 Å². The molecule has 0 aromatic heterocycles. The topological polar surface area (TPSA) is 81.5 Å². The summed E-state index contributed by atoms with van der Waals surface area (Å²) in [7, 11) is 0. The van der Waals surface area contributed by atoms with Gasteiger partial charge in [0.1, 0.15) is 11.6 Å². The van der Waals surface area contributed by atoms with Gasteiger partial charge in [0.15, 0.2) is 0 Å². The quantitative estimate of drug-likeness (QED) is 0.673. The van der Waals surface area contributed by atoms with Crippen LogP contribution < -0.4 is 5.32 Å². The van der Waals surface area contributed by atoms with Crippen LogP contribution in [0.3, 0.4) is 0 Å². The molecule has 2 rings (SSSR count). The van der Waals surface area contributed by atoms with Crippen LogP contribution in [0.5, 0.6) is 0 Å². The number of para-hydroxylation sites is 1. The maximum atomic E-state index is 11.6. The van der Waals surface area contributed by atoms with Crippen LogP contribution in [0, 0.1) is 10.1 Å². The Kier molecular flexibility index (Phi) is 5.32. The zero-order valence-corrected chi connectivity index (χ0v) is 12.2. The number of carbonyl (C=O) groups excluding carboxylic acids is 1. The Morgan fingerprint density at radius 3 is 2.59 bits per heavy atom. The second kappa shape index (κ2) is 7.42. The molecule has 2 aromatic carbocycles. The molecule has 0 aliphatic rings. The third-order valence-corrected chi connectivity index (χ3v) is 3.19. The van der Waals surface area contributed by atoms with Crippen LogP contribution in [-0.2, 0) is 17.9 Å². The number of hydrogen-bond donors (Lipinski definition) is 1. The van der Waals surface area contributed by atoms with Gasteiger partial charge in [0.25, 0.3) is 5.69 Å². The van der Waals surface area contributed by atoms with Crippen molar-refractivity contribution in [1.29, 1.82) is 0 Å². The number of ether oxygens (including phenoxy) is 1. The average molecular weight is 321 g/mol. The lowest BCUT2D eigenvalue weighted by molar-refractivity contribution is -0.385. The first-order valence-corrected chi connectivity index (χ1v) is 6.82. The molecule has 0 saturated carbocycles. The molecule has 0 unspecified atom stereocenters. The number of benzene rings is 2. The highest BCUT2D eigenvalue weighted by Gasteiger charge is 2.18. The number of alkyl carbamates (subject to hydrolysis) is 1. The van der Waals surface area contributed by atoms with Crippen molar-refractivity contribution in [1.82, 2.24) is 5.32 Å². The Morgan fingerprint density at radius 1 is 1.18 bits per heavy atom. The lowest BCUT2D eigenvalue weighted by atomic mass is 10.2. The van der Waals surface area contributed by atoms with Gasteiger partial charge >= 0.3 is 6.09 Å². The molecule has 0 spiro atoms. The van der Waals surface area contributed by atoms with Crippen molar-refractivity contribution in [3.63, 3.8) is 0 Å². The molecule has 0 aliphatic carbocycles. The Bertz CT molecular complexity index is 676. The first-order chi connectivity index (χ1) is 10.6. The molecule has 1 amide bonds. The van der Waals surface area contributed by atoms with Gasteiger partial charge in [-0.15, -0.1) is 0 Å². The van der Waals surface area contributed by atoms with Gasteiger partial charge in [0.05, 0.1) is 17.0 Å². The van der Waals surface area contributed by atoms with E-state index in [0.29, 0.717) is 5.56 Å². The van der Waals surface area contributed by atoms with Crippen LogP contribution in [0.25, 0.3) is 0 Å². The highest BCUT2D eigenvalue weighted by molar-refractivity contribution is 6.32. The number of rotatable bonds is 5. The zero-order chi connectivity index (χ0) is 15.9. The largest absolute Gasteiger partial charge is 0.445 e. The van der Waals surface area contributed by atoms with Crippen molar-refractivity contribution in [2.45, 2.75) is 13.2 Å². The maximum absolute atomic E-state index is 11.6. The normalized spacial score (nSPS) is 10.0. The third-order valence-electron chi connectivity index (χ3n) is 2.89. The second-order valence-electron chi connectivity index (χ2n) is 4.42. The van der Waals surface area contributed by atoms with Crippen molar-refractivity contribution in [2.24, 2.45) is 0 Å². The summed E-state index contributed by atoms with van der Waals surface area (Å²) in [6.07, 6.45) is -0.655. The van der Waals surface area contributed by atoms with Crippen LogP contribution in [0.4, 0.5) is 10.5 Å². The molecule has 0 atom stereocenters. The summed E-state index contributed by atoms with van der Waals surface area (Å²) in [6.45, 7) is 0.0921. The molecule has 0 bridgehead atoms. The summed E-state index contributed by atoms with van der Waals surface area (Å²) >= 11 is 5.80. The number of nitrogens with one attached hydrogen (secondary N) is 1. The molecule has 0 fully saturated rings. The van der Waals surface area contributed by atoms with Crippen LogP contribution in [0.1, 0.15) is 11.1 Å². The van der Waals surface area contributed by atoms with Crippen molar-refractivity contribution < 1.29 is 14.5 Å². The second-order valence-corrected chi connectivity index (χ2v) is 4.83. The predicted octanol–water partition coefficient (Wildman–Crippen LogP) is 3.67. The molecule has 1 N–H and O–H groups in total. The first-order valence-electron chi connectivity index (χ1n) is 6.44. The van der Waals surface area contributed by atoms with Crippen molar-refractivity contribution in [3.8, 4) is 0 Å². The van der Waals surface area contributed by atoms with E-state index in [0.717, 1.165) is 5.56 Å². The van der Waals surface area contributed by atoms with Gasteiger partial charge in [-0.1, -0.05) is 54.1 Å². The summed E-state index contributed by atoms with van der Waals surface area (Å²) in [5.74, 6) is 0. The standard InChI is InChI=1S/C15H13ClN2O4/c16-13-8-4-7-12(14(13)18(20)21)9-17-15(19)22-10-11-5-2-1-3-6-11/h1-8H,9-10H2,(H,17,19). The summed E-state index contributed by atoms with van der Waals surface area (Å²) < 4.78 is 5.03. The summed E-state index contributed by atoms with van der Waals surface area (Å²) in [4.78, 5) is 22.0. The number of nitrogens with zero attached hydrogens (tertiary/aromatic N) is 1. The van der Waals surface area contributed by atoms with E-state index >= 15 is 0 Å². The molecule has 22 heavy (non-hydrogen) atoms. The smallest absolute Gasteiger partial charge is 0.407 e. The molecule has 0 heterocycles. The number of nitro benzene ring substituents is 1. The van der Waals surface area contributed by atoms with Gasteiger partial charge < -0.3 is 10.1 Å². The highest BCUT2D eigenvalue weighted by atomic mass is 35.5. The number of halogens is 1. The van der Waals surface area contributed by atoms with Crippen molar-refractivity contribution >= 4 is 23.4 Å². The van der Waals surface area contributed by atoms with Crippen LogP contribution >= 0.6 is 11.6 Å². The first kappa shape index (κ1) is 15.8. The Hall–Kier alpha value is -2.60. The van der Waals surface area contributed by atoms with Crippen LogP contribution in [-0.4, -0.2) is 11.0 Å². The van der Waals surface area contributed by atoms with Crippen molar-refractivity contribution in [3.05, 3.63) is 74.8 Å². The van der Waals surface area contributed by atoms with Gasteiger partial charge in [-0.2, -0.15) is 0 Å². The summed E-state index contributed by atoms with van der Waals surface area (Å²) in [5.41, 5.74) is 0.952. The Labute approximate surface area is 131 Å². The molecule has 6 nitrogen and oxygen atoms in total. The van der Waals surface area contributed by atoms with Crippen molar-refractivity contribution in [2.75, 3.05) is 0 Å². The van der Waals surface area contributed by atoms with E-state index in [2.05, 4.69) is 5.32 Å². The minimum Gasteiger partial charge on any atom is -0.445 e. The number of carbonyl (C=O) groups is 1. The predicted molar refractivity (Wildman–Crippen MR) is 81.6 cm³/mol. The molecule has 2 aromatic rings. The summed E-state index contributed by atoms with van der Waals surface area (Å²) in [5, 5.41) is 13.5. The minimum atomic E-state index is -0.655. The molecular weight excluding hydrogens is 308 g/mol. The van der Waals surface area contributed by atoms with E-state index in [1.807, 2.05) is 30.3 Å². The van der Waals surface area contributed by atoms with Crippen LogP contribution in [0.2, 0.25) is 5.02 Å². The fourth-order valence-corrected chi connectivity index (χ4v) is 2.11. The number of hydrogen-bond acceptors (Lipinski definition) is 4. The number of amides is 1. The van der Waals surface area contributed by atoms with Gasteiger partial charge in [-0.25, -0.2) is 4.79 Å². The molecule has 0 saturated heterocycles. The lowest BCUT2D eigenvalue weighted by Crippen LogP contribution is -2.24. The highest BCUT2D eigenvalue weighted by Crippen LogP contribution is 2.27. The molecule has 114 valence electrons. The van der Waals surface area contributed by atoms with E-state index in [1.165, 1.54) is 12.1 Å². The molecular formula is C15H13ClN2O4. The van der Waals surface area contributed by atoms with Crippen LogP contribution in [0.15, 0.2) is 48.5 Å². The van der Waals surface area contributed by atoms with E-state index in [9.17, 15) is 14.9 Å². The van der Waals surface area contributed by atoms with E-state index in [1.54, 1.807) is 6.07 Å². The fourth-order valence-electron chi connectivity index (χ4n) is 1.85. The van der Waals surface area contributed by atoms with E-state index in [4.69, 9.17) is 16.3 Å².